The number of rotatable bonds is 10. The van der Waals surface area contributed by atoms with Crippen LogP contribution in [0.2, 0.25) is 0 Å². The Morgan fingerprint density at radius 1 is 1.28 bits per heavy atom. The van der Waals surface area contributed by atoms with Gasteiger partial charge in [-0.25, -0.2) is 0 Å². The average Bonchev–Trinajstić information content (AvgIpc) is 3.19. The quantitative estimate of drug-likeness (QED) is 0.318. The Morgan fingerprint density at radius 2 is 2.17 bits per heavy atom. The number of carbonyl (C=O) groups excluding carboxylic acids is 1. The lowest BCUT2D eigenvalue weighted by atomic mass is 9.85. The van der Waals surface area contributed by atoms with Crippen LogP contribution in [0, 0.1) is 11.8 Å². The molecule has 0 radical (unpaired) electrons. The van der Waals surface area contributed by atoms with E-state index in [1.165, 1.54) is 0 Å². The Kier molecular flexibility index (Phi) is 8.77. The van der Waals surface area contributed by atoms with Crippen LogP contribution in [-0.4, -0.2) is 51.9 Å². The molecule has 2 fully saturated rings. The van der Waals surface area contributed by atoms with Gasteiger partial charge in [-0.2, -0.15) is 0 Å². The van der Waals surface area contributed by atoms with E-state index in [1.54, 1.807) is 7.05 Å². The summed E-state index contributed by atoms with van der Waals surface area (Å²) < 4.78 is 11.1. The number of nitrogens with zero attached hydrogens (tertiary/aromatic N) is 1. The van der Waals surface area contributed by atoms with Crippen molar-refractivity contribution in [3.05, 3.63) is 29.8 Å². The van der Waals surface area contributed by atoms with Crippen LogP contribution in [0.5, 0.6) is 0 Å². The minimum absolute atomic E-state index is 0.140. The van der Waals surface area contributed by atoms with Crippen molar-refractivity contribution in [1.29, 1.82) is 0 Å². The number of ether oxygens (including phenoxy) is 2. The van der Waals surface area contributed by atoms with Crippen molar-refractivity contribution in [2.24, 2.45) is 16.8 Å². The number of aliphatic imine (C=N–C) groups is 1. The summed E-state index contributed by atoms with van der Waals surface area (Å²) in [6.07, 6.45) is 5.22. The molecule has 7 nitrogen and oxygen atoms in total. The van der Waals surface area contributed by atoms with Crippen LogP contribution in [-0.2, 0) is 20.8 Å². The smallest absolute Gasteiger partial charge is 0.227 e. The van der Waals surface area contributed by atoms with Crippen molar-refractivity contribution in [1.82, 2.24) is 10.6 Å². The molecule has 3 N–H and O–H groups in total. The van der Waals surface area contributed by atoms with Gasteiger partial charge in [0.1, 0.15) is 0 Å². The van der Waals surface area contributed by atoms with Gasteiger partial charge in [-0.15, -0.1) is 0 Å². The third-order valence-electron chi connectivity index (χ3n) is 5.49. The van der Waals surface area contributed by atoms with E-state index in [0.29, 0.717) is 12.5 Å². The molecule has 1 aliphatic carbocycles. The summed E-state index contributed by atoms with van der Waals surface area (Å²) in [5.41, 5.74) is 1.95. The highest BCUT2D eigenvalue weighted by molar-refractivity contribution is 5.93. The van der Waals surface area contributed by atoms with Crippen molar-refractivity contribution in [3.63, 3.8) is 0 Å². The molecule has 1 amide bonds. The van der Waals surface area contributed by atoms with Gasteiger partial charge in [-0.05, 0) is 43.4 Å². The number of nitrogens with one attached hydrogen (secondary N) is 3. The van der Waals surface area contributed by atoms with E-state index >= 15 is 0 Å². The molecule has 1 aliphatic heterocycles. The van der Waals surface area contributed by atoms with Crippen LogP contribution in [0.15, 0.2) is 29.3 Å². The van der Waals surface area contributed by atoms with Gasteiger partial charge in [0.15, 0.2) is 5.96 Å². The summed E-state index contributed by atoms with van der Waals surface area (Å²) >= 11 is 0. The van der Waals surface area contributed by atoms with Gasteiger partial charge in [0.2, 0.25) is 5.91 Å². The minimum atomic E-state index is 0.140. The number of anilines is 1. The first-order chi connectivity index (χ1) is 14.2. The van der Waals surface area contributed by atoms with Gasteiger partial charge >= 0.3 is 0 Å². The fourth-order valence-corrected chi connectivity index (χ4v) is 3.43. The average molecular weight is 403 g/mol. The molecule has 29 heavy (non-hydrogen) atoms. The highest BCUT2D eigenvalue weighted by Crippen LogP contribution is 2.27. The molecule has 0 bridgehead atoms. The Bertz CT molecular complexity index is 670. The summed E-state index contributed by atoms with van der Waals surface area (Å²) in [5, 5.41) is 9.65. The third-order valence-corrected chi connectivity index (χ3v) is 5.49. The van der Waals surface area contributed by atoms with Crippen molar-refractivity contribution >= 4 is 17.6 Å². The highest BCUT2D eigenvalue weighted by Gasteiger charge is 2.25. The summed E-state index contributed by atoms with van der Waals surface area (Å²) in [5.74, 6) is 1.65. The van der Waals surface area contributed by atoms with Crippen LogP contribution in [0.1, 0.15) is 37.7 Å². The van der Waals surface area contributed by atoms with Crippen molar-refractivity contribution in [2.75, 3.05) is 45.3 Å². The zero-order chi connectivity index (χ0) is 20.3. The molecule has 1 aromatic rings. The Labute approximate surface area is 173 Å². The number of hydrogen-bond acceptors (Lipinski definition) is 4. The van der Waals surface area contributed by atoms with Crippen LogP contribution in [0.3, 0.4) is 0 Å². The second-order valence-electron chi connectivity index (χ2n) is 7.83. The lowest BCUT2D eigenvalue weighted by Gasteiger charge is -2.24. The molecule has 0 spiro atoms. The zero-order valence-corrected chi connectivity index (χ0v) is 17.4. The molecule has 1 heterocycles. The number of benzene rings is 1. The minimum Gasteiger partial charge on any atom is -0.381 e. The van der Waals surface area contributed by atoms with E-state index in [-0.39, 0.29) is 11.8 Å². The van der Waals surface area contributed by atoms with E-state index < -0.39 is 0 Å². The summed E-state index contributed by atoms with van der Waals surface area (Å²) in [7, 11) is 1.77. The van der Waals surface area contributed by atoms with E-state index in [2.05, 4.69) is 20.9 Å². The third kappa shape index (κ3) is 7.33. The standard InChI is InChI=1S/C22H34N4O3/c1-23-22(24-10-4-11-28-15-18-9-12-29-16-18)25-14-17-5-2-8-20(13-17)26-21(27)19-6-3-7-19/h2,5,8,13,18-19H,3-4,6-7,9-12,14-16H2,1H3,(H,26,27)(H2,23,24,25). The van der Waals surface area contributed by atoms with E-state index in [1.807, 2.05) is 24.3 Å². The SMILES string of the molecule is CN=C(NCCCOCC1CCOC1)NCc1cccc(NC(=O)C2CCC2)c1. The monoisotopic (exact) mass is 402 g/mol. The maximum Gasteiger partial charge on any atom is 0.227 e. The molecule has 3 rings (SSSR count). The normalized spacial score (nSPS) is 19.6. The highest BCUT2D eigenvalue weighted by atomic mass is 16.5. The predicted octanol–water partition coefficient (Wildman–Crippen LogP) is 2.53. The van der Waals surface area contributed by atoms with Gasteiger partial charge in [0.25, 0.3) is 0 Å². The molecule has 0 aromatic heterocycles. The Hall–Kier alpha value is -2.12. The molecule has 1 atom stereocenters. The largest absolute Gasteiger partial charge is 0.381 e. The van der Waals surface area contributed by atoms with Crippen LogP contribution >= 0.6 is 0 Å². The lowest BCUT2D eigenvalue weighted by molar-refractivity contribution is -0.122. The van der Waals surface area contributed by atoms with Crippen molar-refractivity contribution in [2.45, 2.75) is 38.6 Å². The van der Waals surface area contributed by atoms with Crippen LogP contribution < -0.4 is 16.0 Å². The van der Waals surface area contributed by atoms with Crippen molar-refractivity contribution in [3.8, 4) is 0 Å². The fraction of sp³-hybridized carbons (Fsp3) is 0.636. The van der Waals surface area contributed by atoms with Gasteiger partial charge in [-0.1, -0.05) is 18.6 Å². The molecule has 1 saturated carbocycles. The van der Waals surface area contributed by atoms with Crippen LogP contribution in [0.25, 0.3) is 0 Å². The van der Waals surface area contributed by atoms with E-state index in [9.17, 15) is 4.79 Å². The molecular weight excluding hydrogens is 368 g/mol. The van der Waals surface area contributed by atoms with E-state index in [0.717, 1.165) is 82.3 Å². The Balaban J connectivity index is 1.31. The summed E-state index contributed by atoms with van der Waals surface area (Å²) in [4.78, 5) is 16.4. The second-order valence-corrected chi connectivity index (χ2v) is 7.83. The molecule has 160 valence electrons. The maximum absolute atomic E-state index is 12.1. The lowest BCUT2D eigenvalue weighted by Crippen LogP contribution is -2.37. The number of guanidine groups is 1. The number of hydrogen-bond donors (Lipinski definition) is 3. The first kappa shape index (κ1) is 21.6. The first-order valence-electron chi connectivity index (χ1n) is 10.7. The first-order valence-corrected chi connectivity index (χ1v) is 10.7. The van der Waals surface area contributed by atoms with Crippen molar-refractivity contribution < 1.29 is 14.3 Å². The summed E-state index contributed by atoms with van der Waals surface area (Å²) in [6.45, 7) is 4.68. The van der Waals surface area contributed by atoms with E-state index in [4.69, 9.17) is 9.47 Å². The molecule has 1 aromatic carbocycles. The fourth-order valence-electron chi connectivity index (χ4n) is 3.43. The predicted molar refractivity (Wildman–Crippen MR) is 115 cm³/mol. The molecule has 2 aliphatic rings. The van der Waals surface area contributed by atoms with Gasteiger partial charge < -0.3 is 25.4 Å². The zero-order valence-electron chi connectivity index (χ0n) is 17.4. The molecular formula is C22H34N4O3. The van der Waals surface area contributed by atoms with Crippen LogP contribution in [0.4, 0.5) is 5.69 Å². The summed E-state index contributed by atoms with van der Waals surface area (Å²) in [6, 6.07) is 7.96. The second kappa shape index (κ2) is 11.8. The van der Waals surface area contributed by atoms with Gasteiger partial charge in [-0.3, -0.25) is 9.79 Å². The Morgan fingerprint density at radius 3 is 2.90 bits per heavy atom. The van der Waals surface area contributed by atoms with Gasteiger partial charge in [0, 0.05) is 50.9 Å². The number of carbonyl (C=O) groups is 1. The molecule has 1 unspecified atom stereocenters. The molecule has 7 heteroatoms. The number of amides is 1. The topological polar surface area (TPSA) is 84.0 Å². The van der Waals surface area contributed by atoms with Gasteiger partial charge in [0.05, 0.1) is 13.2 Å². The molecule has 1 saturated heterocycles. The maximum atomic E-state index is 12.1.